The van der Waals surface area contributed by atoms with Crippen LogP contribution in [0.25, 0.3) is 0 Å². The fraction of sp³-hybridized carbons (Fsp3) is 0.667. The Morgan fingerprint density at radius 1 is 1.22 bits per heavy atom. The highest BCUT2D eigenvalue weighted by Crippen LogP contribution is 2.40. The molecule has 1 aliphatic carbocycles. The van der Waals surface area contributed by atoms with Crippen LogP contribution in [0.15, 0.2) is 24.5 Å². The van der Waals surface area contributed by atoms with Gasteiger partial charge >= 0.3 is 0 Å². The van der Waals surface area contributed by atoms with Crippen molar-refractivity contribution in [3.8, 4) is 0 Å². The molecule has 3 heteroatoms. The van der Waals surface area contributed by atoms with Crippen LogP contribution in [0.2, 0.25) is 0 Å². The highest BCUT2D eigenvalue weighted by Gasteiger charge is 2.40. The van der Waals surface area contributed by atoms with Crippen LogP contribution in [0.4, 0.5) is 0 Å². The van der Waals surface area contributed by atoms with Crippen molar-refractivity contribution in [1.82, 2.24) is 9.88 Å². The molecule has 100 valence electrons. The van der Waals surface area contributed by atoms with Crippen LogP contribution < -0.4 is 0 Å². The Morgan fingerprint density at radius 2 is 1.89 bits per heavy atom. The molecule has 0 amide bonds. The second kappa shape index (κ2) is 5.81. The zero-order valence-corrected chi connectivity index (χ0v) is 11.5. The van der Waals surface area contributed by atoms with Crippen LogP contribution in [0.1, 0.15) is 50.2 Å². The van der Waals surface area contributed by atoms with Crippen molar-refractivity contribution >= 4 is 0 Å². The molecule has 1 fully saturated rings. The molecule has 1 aromatic heterocycles. The maximum Gasteiger partial charge on any atom is 0.0988 e. The van der Waals surface area contributed by atoms with Crippen molar-refractivity contribution in [2.75, 3.05) is 14.1 Å². The van der Waals surface area contributed by atoms with Crippen molar-refractivity contribution in [2.24, 2.45) is 0 Å². The minimum absolute atomic E-state index is 0.125. The van der Waals surface area contributed by atoms with Gasteiger partial charge in [0.1, 0.15) is 0 Å². The highest BCUT2D eigenvalue weighted by molar-refractivity contribution is 5.18. The normalized spacial score (nSPS) is 21.6. The van der Waals surface area contributed by atoms with Gasteiger partial charge in [0, 0.05) is 18.0 Å². The van der Waals surface area contributed by atoms with Gasteiger partial charge in [-0.2, -0.15) is 0 Å². The molecular formula is C15H24N2O. The van der Waals surface area contributed by atoms with E-state index < -0.39 is 6.10 Å². The van der Waals surface area contributed by atoms with E-state index in [1.54, 1.807) is 12.4 Å². The smallest absolute Gasteiger partial charge is 0.0988 e. The summed E-state index contributed by atoms with van der Waals surface area (Å²) in [5.74, 6) is 0. The van der Waals surface area contributed by atoms with E-state index in [1.807, 2.05) is 12.1 Å². The summed E-state index contributed by atoms with van der Waals surface area (Å²) >= 11 is 0. The maximum absolute atomic E-state index is 10.8. The molecule has 0 saturated heterocycles. The summed E-state index contributed by atoms with van der Waals surface area (Å²) in [7, 11) is 4.18. The topological polar surface area (TPSA) is 36.4 Å². The third-order valence-electron chi connectivity index (χ3n) is 4.37. The van der Waals surface area contributed by atoms with Crippen LogP contribution in [0.5, 0.6) is 0 Å². The third kappa shape index (κ3) is 2.57. The first kappa shape index (κ1) is 13.5. The van der Waals surface area contributed by atoms with Gasteiger partial charge in [0.15, 0.2) is 0 Å². The largest absolute Gasteiger partial charge is 0.386 e. The molecule has 18 heavy (non-hydrogen) atoms. The van der Waals surface area contributed by atoms with E-state index in [2.05, 4.69) is 24.0 Å². The monoisotopic (exact) mass is 248 g/mol. The standard InChI is InChI=1S/C15H24N2O/c1-17(2)15(9-5-3-4-6-10-15)14(18)13-8-7-11-16-12-13/h7-8,11-12,14,18H,3-6,9-10H2,1-2H3. The summed E-state index contributed by atoms with van der Waals surface area (Å²) < 4.78 is 0. The maximum atomic E-state index is 10.8. The summed E-state index contributed by atoms with van der Waals surface area (Å²) in [6.45, 7) is 0. The van der Waals surface area contributed by atoms with Crippen molar-refractivity contribution in [3.63, 3.8) is 0 Å². The minimum atomic E-state index is -0.445. The summed E-state index contributed by atoms with van der Waals surface area (Å²) in [5, 5.41) is 10.8. The molecule has 1 heterocycles. The summed E-state index contributed by atoms with van der Waals surface area (Å²) in [6, 6.07) is 3.88. The van der Waals surface area contributed by atoms with Gasteiger partial charge in [-0.05, 0) is 33.0 Å². The molecule has 1 saturated carbocycles. The summed E-state index contributed by atoms with van der Waals surface area (Å²) in [5.41, 5.74) is 0.813. The SMILES string of the molecule is CN(C)C1(C(O)c2cccnc2)CCCCCC1. The van der Waals surface area contributed by atoms with Crippen LogP contribution in [0, 0.1) is 0 Å². The van der Waals surface area contributed by atoms with Gasteiger partial charge in [-0.15, -0.1) is 0 Å². The molecule has 2 rings (SSSR count). The number of pyridine rings is 1. The second-order valence-electron chi connectivity index (χ2n) is 5.60. The zero-order valence-electron chi connectivity index (χ0n) is 11.5. The Kier molecular flexibility index (Phi) is 4.36. The van der Waals surface area contributed by atoms with Crippen LogP contribution in [-0.4, -0.2) is 34.6 Å². The molecule has 0 aromatic carbocycles. The Morgan fingerprint density at radius 3 is 2.39 bits per heavy atom. The van der Waals surface area contributed by atoms with Gasteiger partial charge in [-0.3, -0.25) is 4.98 Å². The van der Waals surface area contributed by atoms with E-state index in [9.17, 15) is 5.11 Å². The van der Waals surface area contributed by atoms with E-state index in [4.69, 9.17) is 0 Å². The minimum Gasteiger partial charge on any atom is -0.386 e. The van der Waals surface area contributed by atoms with Gasteiger partial charge in [-0.25, -0.2) is 0 Å². The average Bonchev–Trinajstić information content (AvgIpc) is 2.65. The number of hydrogen-bond acceptors (Lipinski definition) is 3. The number of aliphatic hydroxyl groups is 1. The number of rotatable bonds is 3. The van der Waals surface area contributed by atoms with Gasteiger partial charge in [0.25, 0.3) is 0 Å². The predicted octanol–water partition coefficient (Wildman–Crippen LogP) is 2.77. The number of hydrogen-bond donors (Lipinski definition) is 1. The van der Waals surface area contributed by atoms with E-state index in [0.29, 0.717) is 0 Å². The first-order chi connectivity index (χ1) is 8.67. The van der Waals surface area contributed by atoms with E-state index in [0.717, 1.165) is 18.4 Å². The lowest BCUT2D eigenvalue weighted by atomic mass is 9.80. The van der Waals surface area contributed by atoms with E-state index >= 15 is 0 Å². The van der Waals surface area contributed by atoms with E-state index in [1.165, 1.54) is 25.7 Å². The van der Waals surface area contributed by atoms with Gasteiger partial charge in [0.05, 0.1) is 11.6 Å². The van der Waals surface area contributed by atoms with Crippen LogP contribution in [0.3, 0.4) is 0 Å². The quantitative estimate of drug-likeness (QED) is 0.836. The lowest BCUT2D eigenvalue weighted by Gasteiger charge is -2.43. The third-order valence-corrected chi connectivity index (χ3v) is 4.37. The summed E-state index contributed by atoms with van der Waals surface area (Å²) in [6.07, 6.45) is 10.2. The van der Waals surface area contributed by atoms with Crippen LogP contribution >= 0.6 is 0 Å². The molecule has 0 radical (unpaired) electrons. The van der Waals surface area contributed by atoms with Gasteiger partial charge in [0.2, 0.25) is 0 Å². The van der Waals surface area contributed by atoms with Crippen molar-refractivity contribution in [2.45, 2.75) is 50.2 Å². The predicted molar refractivity (Wildman–Crippen MR) is 73.3 cm³/mol. The lowest BCUT2D eigenvalue weighted by Crippen LogP contribution is -2.49. The van der Waals surface area contributed by atoms with Crippen molar-refractivity contribution in [3.05, 3.63) is 30.1 Å². The molecule has 1 unspecified atom stereocenters. The molecule has 3 nitrogen and oxygen atoms in total. The number of aromatic nitrogens is 1. The average molecular weight is 248 g/mol. The second-order valence-corrected chi connectivity index (χ2v) is 5.60. The Labute approximate surface area is 110 Å². The molecule has 1 aliphatic rings. The zero-order chi connectivity index (χ0) is 13.0. The first-order valence-electron chi connectivity index (χ1n) is 6.92. The van der Waals surface area contributed by atoms with Crippen molar-refractivity contribution in [1.29, 1.82) is 0 Å². The highest BCUT2D eigenvalue weighted by atomic mass is 16.3. The van der Waals surface area contributed by atoms with Gasteiger partial charge in [-0.1, -0.05) is 31.7 Å². The molecule has 1 N–H and O–H groups in total. The lowest BCUT2D eigenvalue weighted by molar-refractivity contribution is -0.0200. The number of likely N-dealkylation sites (N-methyl/N-ethyl adjacent to an activating group) is 1. The fourth-order valence-electron chi connectivity index (χ4n) is 3.15. The molecule has 0 bridgehead atoms. The molecule has 0 spiro atoms. The molecule has 1 atom stereocenters. The summed E-state index contributed by atoms with van der Waals surface area (Å²) in [4.78, 5) is 6.35. The number of nitrogens with zero attached hydrogens (tertiary/aromatic N) is 2. The Bertz CT molecular complexity index is 356. The molecule has 0 aliphatic heterocycles. The Hall–Kier alpha value is -0.930. The van der Waals surface area contributed by atoms with Crippen molar-refractivity contribution < 1.29 is 5.11 Å². The van der Waals surface area contributed by atoms with Crippen LogP contribution in [-0.2, 0) is 0 Å². The number of aliphatic hydroxyl groups excluding tert-OH is 1. The molecule has 1 aromatic rings. The fourth-order valence-corrected chi connectivity index (χ4v) is 3.15. The Balaban J connectivity index is 2.29. The van der Waals surface area contributed by atoms with Gasteiger partial charge < -0.3 is 10.0 Å². The van der Waals surface area contributed by atoms with E-state index in [-0.39, 0.29) is 5.54 Å². The molecular weight excluding hydrogens is 224 g/mol. The first-order valence-corrected chi connectivity index (χ1v) is 6.92.